The van der Waals surface area contributed by atoms with Crippen molar-refractivity contribution in [2.24, 2.45) is 5.92 Å². The maximum absolute atomic E-state index is 13.0. The van der Waals surface area contributed by atoms with Gasteiger partial charge in [0.15, 0.2) is 0 Å². The van der Waals surface area contributed by atoms with Gasteiger partial charge in [-0.05, 0) is 36.6 Å². The minimum atomic E-state index is -0.761. The molecule has 2 nitrogen and oxygen atoms in total. The molecule has 1 N–H and O–H groups in total. The van der Waals surface area contributed by atoms with E-state index in [1.807, 2.05) is 0 Å². The topological polar surface area (TPSA) is 37.3 Å². The molecule has 1 aromatic rings. The number of aliphatic carboxylic acids is 1. The predicted molar refractivity (Wildman–Crippen MR) is 61.2 cm³/mol. The maximum Gasteiger partial charge on any atom is 0.306 e. The van der Waals surface area contributed by atoms with Gasteiger partial charge in [0.1, 0.15) is 5.82 Å². The van der Waals surface area contributed by atoms with Crippen LogP contribution in [0, 0.1) is 11.7 Å². The highest BCUT2D eigenvalue weighted by Gasteiger charge is 2.26. The van der Waals surface area contributed by atoms with Crippen LogP contribution in [-0.4, -0.2) is 16.3 Å². The van der Waals surface area contributed by atoms with Gasteiger partial charge in [-0.15, -0.1) is 11.8 Å². The summed E-state index contributed by atoms with van der Waals surface area (Å²) in [5, 5.41) is 9.10. The van der Waals surface area contributed by atoms with Crippen molar-refractivity contribution < 1.29 is 14.3 Å². The molecule has 2 unspecified atom stereocenters. The molecule has 1 heterocycles. The minimum Gasteiger partial charge on any atom is -0.481 e. The molecule has 86 valence electrons. The van der Waals surface area contributed by atoms with E-state index in [9.17, 15) is 9.18 Å². The molecule has 1 aromatic carbocycles. The lowest BCUT2D eigenvalue weighted by Crippen LogP contribution is -2.15. The van der Waals surface area contributed by atoms with E-state index in [1.54, 1.807) is 30.8 Å². The summed E-state index contributed by atoms with van der Waals surface area (Å²) in [4.78, 5) is 11.8. The summed E-state index contributed by atoms with van der Waals surface area (Å²) < 4.78 is 13.0. The van der Waals surface area contributed by atoms with E-state index < -0.39 is 5.97 Å². The van der Waals surface area contributed by atoms with Crippen molar-refractivity contribution in [3.63, 3.8) is 0 Å². The normalized spacial score (nSPS) is 20.5. The molecule has 1 aliphatic heterocycles. The van der Waals surface area contributed by atoms with Gasteiger partial charge in [-0.25, -0.2) is 4.39 Å². The molecular weight excluding hydrogens is 227 g/mol. The second-order valence-corrected chi connectivity index (χ2v) is 5.51. The number of carbonyl (C=O) groups is 1. The molecule has 16 heavy (non-hydrogen) atoms. The van der Waals surface area contributed by atoms with Gasteiger partial charge >= 0.3 is 5.97 Å². The minimum absolute atomic E-state index is 0.216. The Labute approximate surface area is 97.9 Å². The molecular formula is C12H13FO2S. The van der Waals surface area contributed by atoms with Crippen molar-refractivity contribution in [3.05, 3.63) is 29.6 Å². The first kappa shape index (κ1) is 11.5. The number of carboxylic acid groups (broad SMARTS) is 1. The van der Waals surface area contributed by atoms with Crippen molar-refractivity contribution in [1.82, 2.24) is 0 Å². The smallest absolute Gasteiger partial charge is 0.306 e. The van der Waals surface area contributed by atoms with Crippen molar-refractivity contribution in [3.8, 4) is 0 Å². The van der Waals surface area contributed by atoms with Gasteiger partial charge in [0.2, 0.25) is 0 Å². The Hall–Kier alpha value is -1.03. The molecule has 0 bridgehead atoms. The van der Waals surface area contributed by atoms with Crippen LogP contribution in [0.1, 0.15) is 18.9 Å². The number of benzene rings is 1. The molecule has 0 aliphatic carbocycles. The summed E-state index contributed by atoms with van der Waals surface area (Å²) in [7, 11) is 0. The molecule has 0 aromatic heterocycles. The molecule has 0 saturated heterocycles. The fraction of sp³-hybridized carbons (Fsp3) is 0.417. The number of hydrogen-bond acceptors (Lipinski definition) is 2. The summed E-state index contributed by atoms with van der Waals surface area (Å²) in [6.07, 6.45) is 1.41. The standard InChI is InChI=1S/C12H13FO2S/c1-7(12(14)15)4-10-6-8-5-9(13)2-3-11(8)16-10/h2-3,5,7,10H,4,6H2,1H3,(H,14,15). The third kappa shape index (κ3) is 2.38. The van der Waals surface area contributed by atoms with Crippen molar-refractivity contribution >= 4 is 17.7 Å². The summed E-state index contributed by atoms with van der Waals surface area (Å²) in [5.41, 5.74) is 1.01. The van der Waals surface area contributed by atoms with Gasteiger partial charge < -0.3 is 5.11 Å². The van der Waals surface area contributed by atoms with Crippen LogP contribution in [0.25, 0.3) is 0 Å². The van der Waals surface area contributed by atoms with Crippen LogP contribution in [0.3, 0.4) is 0 Å². The quantitative estimate of drug-likeness (QED) is 0.882. The lowest BCUT2D eigenvalue weighted by atomic mass is 10.0. The zero-order valence-electron chi connectivity index (χ0n) is 8.94. The molecule has 2 atom stereocenters. The number of carboxylic acids is 1. The van der Waals surface area contributed by atoms with E-state index in [4.69, 9.17) is 5.11 Å². The van der Waals surface area contributed by atoms with Gasteiger partial charge in [-0.3, -0.25) is 4.79 Å². The fourth-order valence-electron chi connectivity index (χ4n) is 1.92. The largest absolute Gasteiger partial charge is 0.481 e. The van der Waals surface area contributed by atoms with Gasteiger partial charge in [0.05, 0.1) is 5.92 Å². The SMILES string of the molecule is CC(CC1Cc2cc(F)ccc2S1)C(=O)O. The highest BCUT2D eigenvalue weighted by molar-refractivity contribution is 8.00. The zero-order chi connectivity index (χ0) is 11.7. The summed E-state index contributed by atoms with van der Waals surface area (Å²) in [6.45, 7) is 1.71. The van der Waals surface area contributed by atoms with Crippen LogP contribution in [0.4, 0.5) is 4.39 Å². The van der Waals surface area contributed by atoms with E-state index in [0.717, 1.165) is 16.9 Å². The monoisotopic (exact) mass is 240 g/mol. The van der Waals surface area contributed by atoms with Gasteiger partial charge in [-0.1, -0.05) is 6.92 Å². The molecule has 1 aliphatic rings. The lowest BCUT2D eigenvalue weighted by Gasteiger charge is -2.11. The second kappa shape index (κ2) is 4.45. The molecule has 0 fully saturated rings. The Balaban J connectivity index is 2.03. The van der Waals surface area contributed by atoms with Gasteiger partial charge in [-0.2, -0.15) is 0 Å². The van der Waals surface area contributed by atoms with E-state index in [2.05, 4.69) is 0 Å². The Kier molecular flexibility index (Phi) is 3.19. The van der Waals surface area contributed by atoms with Crippen LogP contribution >= 0.6 is 11.8 Å². The summed E-state index contributed by atoms with van der Waals surface area (Å²) in [5.74, 6) is -1.31. The Morgan fingerprint density at radius 1 is 1.69 bits per heavy atom. The average Bonchev–Trinajstić information content (AvgIpc) is 2.58. The van der Waals surface area contributed by atoms with Crippen LogP contribution in [0.5, 0.6) is 0 Å². The highest BCUT2D eigenvalue weighted by Crippen LogP contribution is 2.39. The summed E-state index contributed by atoms with van der Waals surface area (Å²) >= 11 is 1.66. The van der Waals surface area contributed by atoms with E-state index in [1.165, 1.54) is 6.07 Å². The highest BCUT2D eigenvalue weighted by atomic mass is 32.2. The van der Waals surface area contributed by atoms with Gasteiger partial charge in [0, 0.05) is 10.1 Å². The first-order chi connectivity index (χ1) is 7.56. The first-order valence-corrected chi connectivity index (χ1v) is 6.12. The van der Waals surface area contributed by atoms with Crippen molar-refractivity contribution in [1.29, 1.82) is 0 Å². The molecule has 0 radical (unpaired) electrons. The number of hydrogen-bond donors (Lipinski definition) is 1. The predicted octanol–water partition coefficient (Wildman–Crippen LogP) is 2.95. The van der Waals surface area contributed by atoms with Crippen LogP contribution in [0.2, 0.25) is 0 Å². The first-order valence-electron chi connectivity index (χ1n) is 5.24. The van der Waals surface area contributed by atoms with E-state index in [-0.39, 0.29) is 17.0 Å². The number of halogens is 1. The molecule has 4 heteroatoms. The number of fused-ring (bicyclic) bond motifs is 1. The van der Waals surface area contributed by atoms with E-state index >= 15 is 0 Å². The number of thioether (sulfide) groups is 1. The average molecular weight is 240 g/mol. The second-order valence-electron chi connectivity index (χ2n) is 4.17. The van der Waals surface area contributed by atoms with Crippen LogP contribution in [-0.2, 0) is 11.2 Å². The van der Waals surface area contributed by atoms with Crippen LogP contribution in [0.15, 0.2) is 23.1 Å². The van der Waals surface area contributed by atoms with Crippen LogP contribution < -0.4 is 0 Å². The third-order valence-corrected chi connectivity index (χ3v) is 4.15. The Bertz CT molecular complexity index is 419. The van der Waals surface area contributed by atoms with E-state index in [0.29, 0.717) is 6.42 Å². The molecule has 0 saturated carbocycles. The van der Waals surface area contributed by atoms with Gasteiger partial charge in [0.25, 0.3) is 0 Å². The van der Waals surface area contributed by atoms with Crippen molar-refractivity contribution in [2.75, 3.05) is 0 Å². The third-order valence-electron chi connectivity index (χ3n) is 2.80. The molecule has 2 rings (SSSR count). The molecule has 0 spiro atoms. The maximum atomic E-state index is 13.0. The fourth-order valence-corrected chi connectivity index (χ4v) is 3.36. The Morgan fingerprint density at radius 2 is 2.44 bits per heavy atom. The van der Waals surface area contributed by atoms with Crippen molar-refractivity contribution in [2.45, 2.75) is 29.9 Å². The molecule has 0 amide bonds. The lowest BCUT2D eigenvalue weighted by molar-refractivity contribution is -0.141. The number of rotatable bonds is 3. The zero-order valence-corrected chi connectivity index (χ0v) is 9.76. The Morgan fingerprint density at radius 3 is 3.12 bits per heavy atom. The summed E-state index contributed by atoms with van der Waals surface area (Å²) in [6, 6.07) is 4.78.